The molecule has 1 N–H and O–H groups in total. The van der Waals surface area contributed by atoms with Gasteiger partial charge in [0.25, 0.3) is 0 Å². The van der Waals surface area contributed by atoms with E-state index in [2.05, 4.69) is 15.2 Å². The second-order valence-electron chi connectivity index (χ2n) is 2.86. The highest BCUT2D eigenvalue weighted by Crippen LogP contribution is 1.92. The summed E-state index contributed by atoms with van der Waals surface area (Å²) in [5, 5.41) is 2.69. The summed E-state index contributed by atoms with van der Waals surface area (Å²) >= 11 is 0. The lowest BCUT2D eigenvalue weighted by Crippen LogP contribution is -2.27. The van der Waals surface area contributed by atoms with Gasteiger partial charge in [-0.15, -0.1) is 0 Å². The summed E-state index contributed by atoms with van der Waals surface area (Å²) in [6, 6.07) is 0. The minimum atomic E-state index is 0.0127. The van der Waals surface area contributed by atoms with Crippen LogP contribution >= 0.6 is 0 Å². The standard InChI is InChI=1S/C7H13N3O/c1-10(2)4-3-6-8-5-7(11)9-6/h3-5H2,1-2H3,(H,8,9,11). The van der Waals surface area contributed by atoms with Gasteiger partial charge >= 0.3 is 0 Å². The SMILES string of the molecule is CN(C)CCC1=NCC(=O)N1. The number of carbonyl (C=O) groups is 1. The molecule has 4 heteroatoms. The van der Waals surface area contributed by atoms with Gasteiger partial charge in [0.15, 0.2) is 0 Å². The third-order valence-electron chi connectivity index (χ3n) is 1.49. The van der Waals surface area contributed by atoms with Crippen molar-refractivity contribution >= 4 is 11.7 Å². The number of hydrogen-bond donors (Lipinski definition) is 1. The molecule has 0 aromatic rings. The monoisotopic (exact) mass is 155 g/mol. The Morgan fingerprint density at radius 1 is 1.64 bits per heavy atom. The van der Waals surface area contributed by atoms with Crippen LogP contribution in [-0.4, -0.2) is 43.8 Å². The van der Waals surface area contributed by atoms with Crippen molar-refractivity contribution in [3.63, 3.8) is 0 Å². The lowest BCUT2D eigenvalue weighted by atomic mass is 10.4. The highest BCUT2D eigenvalue weighted by molar-refractivity contribution is 6.03. The zero-order valence-electron chi connectivity index (χ0n) is 6.92. The predicted molar refractivity (Wildman–Crippen MR) is 43.6 cm³/mol. The molecule has 4 nitrogen and oxygen atoms in total. The van der Waals surface area contributed by atoms with Gasteiger partial charge in [0, 0.05) is 13.0 Å². The summed E-state index contributed by atoms with van der Waals surface area (Å²) in [4.78, 5) is 16.7. The van der Waals surface area contributed by atoms with E-state index < -0.39 is 0 Å². The van der Waals surface area contributed by atoms with Gasteiger partial charge in [-0.05, 0) is 14.1 Å². The Kier molecular flexibility index (Phi) is 2.59. The van der Waals surface area contributed by atoms with Crippen LogP contribution in [0, 0.1) is 0 Å². The van der Waals surface area contributed by atoms with Gasteiger partial charge in [0.1, 0.15) is 12.4 Å². The van der Waals surface area contributed by atoms with Gasteiger partial charge in [-0.2, -0.15) is 0 Å². The molecule has 1 rings (SSSR count). The van der Waals surface area contributed by atoms with E-state index in [4.69, 9.17) is 0 Å². The molecule has 1 aliphatic heterocycles. The first-order valence-electron chi connectivity index (χ1n) is 3.66. The van der Waals surface area contributed by atoms with E-state index in [1.807, 2.05) is 14.1 Å². The number of hydrogen-bond acceptors (Lipinski definition) is 3. The quantitative estimate of drug-likeness (QED) is 0.595. The topological polar surface area (TPSA) is 44.7 Å². The molecular formula is C7H13N3O. The van der Waals surface area contributed by atoms with E-state index in [-0.39, 0.29) is 5.91 Å². The third-order valence-corrected chi connectivity index (χ3v) is 1.49. The normalized spacial score (nSPS) is 17.0. The summed E-state index contributed by atoms with van der Waals surface area (Å²) in [6.45, 7) is 1.24. The zero-order valence-corrected chi connectivity index (χ0v) is 6.92. The maximum atomic E-state index is 10.7. The second kappa shape index (κ2) is 3.48. The van der Waals surface area contributed by atoms with Crippen LogP contribution < -0.4 is 5.32 Å². The molecule has 62 valence electrons. The first-order chi connectivity index (χ1) is 5.18. The summed E-state index contributed by atoms with van der Waals surface area (Å²) in [5.74, 6) is 0.836. The number of nitrogens with zero attached hydrogens (tertiary/aromatic N) is 2. The molecule has 0 atom stereocenters. The highest BCUT2D eigenvalue weighted by Gasteiger charge is 2.11. The molecule has 0 saturated heterocycles. The molecule has 0 aliphatic carbocycles. The van der Waals surface area contributed by atoms with Gasteiger partial charge < -0.3 is 10.2 Å². The molecule has 1 aliphatic rings. The van der Waals surface area contributed by atoms with Gasteiger partial charge in [0.05, 0.1) is 0 Å². The minimum absolute atomic E-state index is 0.0127. The average molecular weight is 155 g/mol. The van der Waals surface area contributed by atoms with Crippen molar-refractivity contribution in [3.05, 3.63) is 0 Å². The Balaban J connectivity index is 2.23. The first-order valence-corrected chi connectivity index (χ1v) is 3.66. The number of aliphatic imine (C=N–C) groups is 1. The smallest absolute Gasteiger partial charge is 0.246 e. The lowest BCUT2D eigenvalue weighted by molar-refractivity contribution is -0.117. The molecule has 0 saturated carbocycles. The maximum Gasteiger partial charge on any atom is 0.246 e. The van der Waals surface area contributed by atoms with E-state index >= 15 is 0 Å². The van der Waals surface area contributed by atoms with Crippen molar-refractivity contribution in [1.29, 1.82) is 0 Å². The van der Waals surface area contributed by atoms with Gasteiger partial charge in [-0.25, -0.2) is 0 Å². The third kappa shape index (κ3) is 2.67. The molecule has 0 unspecified atom stereocenters. The van der Waals surface area contributed by atoms with Crippen molar-refractivity contribution in [2.45, 2.75) is 6.42 Å². The zero-order chi connectivity index (χ0) is 8.27. The van der Waals surface area contributed by atoms with E-state index in [0.717, 1.165) is 18.8 Å². The first kappa shape index (κ1) is 8.20. The maximum absolute atomic E-state index is 10.7. The van der Waals surface area contributed by atoms with Gasteiger partial charge in [-0.3, -0.25) is 9.79 Å². The van der Waals surface area contributed by atoms with Crippen LogP contribution in [-0.2, 0) is 4.79 Å². The number of carbonyl (C=O) groups excluding carboxylic acids is 1. The van der Waals surface area contributed by atoms with Gasteiger partial charge in [0.2, 0.25) is 5.91 Å². The molecule has 0 fully saturated rings. The highest BCUT2D eigenvalue weighted by atomic mass is 16.2. The molecule has 0 radical (unpaired) electrons. The number of amides is 1. The Bertz CT molecular complexity index is 186. The predicted octanol–water partition coefficient (Wildman–Crippen LogP) is -0.534. The van der Waals surface area contributed by atoms with E-state index in [1.165, 1.54) is 0 Å². The molecule has 0 bridgehead atoms. The van der Waals surface area contributed by atoms with Crippen LogP contribution in [0.2, 0.25) is 0 Å². The molecular weight excluding hydrogens is 142 g/mol. The molecule has 0 aromatic carbocycles. The minimum Gasteiger partial charge on any atom is -0.313 e. The summed E-state index contributed by atoms with van der Waals surface area (Å²) in [5.41, 5.74) is 0. The van der Waals surface area contributed by atoms with Gasteiger partial charge in [-0.1, -0.05) is 0 Å². The Morgan fingerprint density at radius 2 is 2.36 bits per heavy atom. The number of rotatable bonds is 3. The van der Waals surface area contributed by atoms with Crippen molar-refractivity contribution in [2.75, 3.05) is 27.2 Å². The van der Waals surface area contributed by atoms with Crippen molar-refractivity contribution in [3.8, 4) is 0 Å². The molecule has 0 spiro atoms. The van der Waals surface area contributed by atoms with Crippen molar-refractivity contribution in [2.24, 2.45) is 4.99 Å². The summed E-state index contributed by atoms with van der Waals surface area (Å²) < 4.78 is 0. The Labute approximate surface area is 66.3 Å². The van der Waals surface area contributed by atoms with Crippen molar-refractivity contribution in [1.82, 2.24) is 10.2 Å². The number of nitrogens with one attached hydrogen (secondary N) is 1. The summed E-state index contributed by atoms with van der Waals surface area (Å²) in [7, 11) is 3.99. The van der Waals surface area contributed by atoms with Crippen LogP contribution in [0.5, 0.6) is 0 Å². The van der Waals surface area contributed by atoms with E-state index in [9.17, 15) is 4.79 Å². The van der Waals surface area contributed by atoms with E-state index in [0.29, 0.717) is 6.54 Å². The number of amidine groups is 1. The van der Waals surface area contributed by atoms with Crippen LogP contribution in [0.3, 0.4) is 0 Å². The fraction of sp³-hybridized carbons (Fsp3) is 0.714. The average Bonchev–Trinajstić information content (AvgIpc) is 2.31. The molecule has 1 amide bonds. The molecule has 11 heavy (non-hydrogen) atoms. The fourth-order valence-electron chi connectivity index (χ4n) is 0.878. The van der Waals surface area contributed by atoms with Crippen LogP contribution in [0.4, 0.5) is 0 Å². The van der Waals surface area contributed by atoms with Crippen LogP contribution in [0.25, 0.3) is 0 Å². The second-order valence-corrected chi connectivity index (χ2v) is 2.86. The molecule has 1 heterocycles. The summed E-state index contributed by atoms with van der Waals surface area (Å²) in [6.07, 6.45) is 0.832. The lowest BCUT2D eigenvalue weighted by Gasteiger charge is -2.08. The fourth-order valence-corrected chi connectivity index (χ4v) is 0.878. The van der Waals surface area contributed by atoms with Crippen molar-refractivity contribution < 1.29 is 4.79 Å². The van der Waals surface area contributed by atoms with Crippen LogP contribution in [0.1, 0.15) is 6.42 Å². The Morgan fingerprint density at radius 3 is 2.82 bits per heavy atom. The van der Waals surface area contributed by atoms with E-state index in [1.54, 1.807) is 0 Å². The van der Waals surface area contributed by atoms with Crippen LogP contribution in [0.15, 0.2) is 4.99 Å². The largest absolute Gasteiger partial charge is 0.313 e. The molecule has 0 aromatic heterocycles. The Hall–Kier alpha value is -0.900.